The van der Waals surface area contributed by atoms with E-state index in [9.17, 15) is 18.0 Å². The van der Waals surface area contributed by atoms with Gasteiger partial charge in [0.15, 0.2) is 0 Å². The van der Waals surface area contributed by atoms with E-state index in [1.807, 2.05) is 0 Å². The van der Waals surface area contributed by atoms with Gasteiger partial charge in [-0.25, -0.2) is 0 Å². The van der Waals surface area contributed by atoms with Crippen molar-refractivity contribution in [2.45, 2.75) is 24.3 Å². The van der Waals surface area contributed by atoms with Gasteiger partial charge < -0.3 is 4.90 Å². The van der Waals surface area contributed by atoms with E-state index in [2.05, 4.69) is 15.9 Å². The number of carbonyl (C=O) groups excluding carboxylic acids is 1. The number of nitrogens with zero attached hydrogens (tertiary/aromatic N) is 1. The van der Waals surface area contributed by atoms with Crippen molar-refractivity contribution in [3.63, 3.8) is 0 Å². The first-order valence-electron chi connectivity index (χ1n) is 5.42. The minimum Gasteiger partial charge on any atom is -0.310 e. The van der Waals surface area contributed by atoms with Crippen molar-refractivity contribution in [2.24, 2.45) is 0 Å². The highest BCUT2D eigenvalue weighted by Gasteiger charge is 2.39. The smallest absolute Gasteiger partial charge is 0.310 e. The predicted octanol–water partition coefficient (Wildman–Crippen LogP) is 3.51. The predicted molar refractivity (Wildman–Crippen MR) is 65.9 cm³/mol. The number of amides is 1. The number of carbonyl (C=O) groups is 1. The summed E-state index contributed by atoms with van der Waals surface area (Å²) in [6.45, 7) is 1.85. The van der Waals surface area contributed by atoms with Crippen LogP contribution in [0.1, 0.15) is 17.5 Å². The van der Waals surface area contributed by atoms with Crippen LogP contribution in [-0.4, -0.2) is 17.3 Å². The van der Waals surface area contributed by atoms with Crippen LogP contribution in [0.4, 0.5) is 18.9 Å². The maximum Gasteiger partial charge on any atom is 0.418 e. The highest BCUT2D eigenvalue weighted by molar-refractivity contribution is 9.09. The van der Waals surface area contributed by atoms with Crippen LogP contribution in [0.15, 0.2) is 18.2 Å². The van der Waals surface area contributed by atoms with E-state index >= 15 is 0 Å². The van der Waals surface area contributed by atoms with Crippen molar-refractivity contribution < 1.29 is 18.0 Å². The molecule has 18 heavy (non-hydrogen) atoms. The molecule has 1 aliphatic rings. The third-order valence-corrected chi connectivity index (χ3v) is 3.50. The summed E-state index contributed by atoms with van der Waals surface area (Å²) in [7, 11) is 0. The van der Waals surface area contributed by atoms with Gasteiger partial charge in [-0.1, -0.05) is 28.1 Å². The van der Waals surface area contributed by atoms with Crippen molar-refractivity contribution in [1.29, 1.82) is 0 Å². The van der Waals surface area contributed by atoms with Crippen molar-refractivity contribution in [2.75, 3.05) is 11.4 Å². The summed E-state index contributed by atoms with van der Waals surface area (Å²) in [5.74, 6) is -0.281. The molecule has 0 spiro atoms. The maximum atomic E-state index is 13.0. The third-order valence-electron chi connectivity index (χ3n) is 2.89. The highest BCUT2D eigenvalue weighted by Crippen LogP contribution is 2.40. The Morgan fingerprint density at radius 1 is 1.39 bits per heavy atom. The molecule has 0 radical (unpaired) electrons. The monoisotopic (exact) mass is 321 g/mol. The molecule has 1 saturated heterocycles. The zero-order valence-corrected chi connectivity index (χ0v) is 11.2. The van der Waals surface area contributed by atoms with Gasteiger partial charge >= 0.3 is 6.18 Å². The van der Waals surface area contributed by atoms with Gasteiger partial charge in [-0.3, -0.25) is 4.79 Å². The van der Waals surface area contributed by atoms with Gasteiger partial charge in [0.25, 0.3) is 0 Å². The lowest BCUT2D eigenvalue weighted by molar-refractivity contribution is -0.137. The van der Waals surface area contributed by atoms with E-state index in [0.29, 0.717) is 5.56 Å². The molecule has 0 N–H and O–H groups in total. The molecule has 0 bridgehead atoms. The summed E-state index contributed by atoms with van der Waals surface area (Å²) < 4.78 is 38.9. The molecule has 6 heteroatoms. The quantitative estimate of drug-likeness (QED) is 0.725. The van der Waals surface area contributed by atoms with Crippen LogP contribution in [-0.2, 0) is 11.0 Å². The number of hydrogen-bond acceptors (Lipinski definition) is 1. The van der Waals surface area contributed by atoms with Gasteiger partial charge in [-0.15, -0.1) is 0 Å². The lowest BCUT2D eigenvalue weighted by Crippen LogP contribution is -2.28. The molecule has 98 valence electrons. The van der Waals surface area contributed by atoms with Crippen LogP contribution in [0, 0.1) is 6.92 Å². The van der Waals surface area contributed by atoms with Gasteiger partial charge in [0.05, 0.1) is 11.3 Å². The SMILES string of the molecule is Cc1cccc(C(F)(F)F)c1N1CC(Br)CC1=O. The average molecular weight is 322 g/mol. The van der Waals surface area contributed by atoms with Gasteiger partial charge in [-0.2, -0.15) is 13.2 Å². The first-order valence-corrected chi connectivity index (χ1v) is 6.33. The van der Waals surface area contributed by atoms with Gasteiger partial charge in [0.1, 0.15) is 0 Å². The van der Waals surface area contributed by atoms with Crippen molar-refractivity contribution >= 4 is 27.5 Å². The molecule has 1 aromatic carbocycles. The Kier molecular flexibility index (Phi) is 3.40. The van der Waals surface area contributed by atoms with Crippen LogP contribution in [0.2, 0.25) is 0 Å². The number of halogens is 4. The van der Waals surface area contributed by atoms with E-state index in [1.165, 1.54) is 11.0 Å². The van der Waals surface area contributed by atoms with E-state index in [-0.39, 0.29) is 29.4 Å². The minimum absolute atomic E-state index is 0.0167. The van der Waals surface area contributed by atoms with Crippen molar-refractivity contribution in [3.05, 3.63) is 29.3 Å². The van der Waals surface area contributed by atoms with Crippen LogP contribution < -0.4 is 4.90 Å². The molecule has 1 aromatic rings. The molecule has 0 aromatic heterocycles. The molecule has 1 aliphatic heterocycles. The molecule has 0 aliphatic carbocycles. The number of alkyl halides is 4. The Bertz CT molecular complexity index is 487. The largest absolute Gasteiger partial charge is 0.418 e. The lowest BCUT2D eigenvalue weighted by Gasteiger charge is -2.23. The Hall–Kier alpha value is -1.04. The Balaban J connectivity index is 2.53. The Morgan fingerprint density at radius 3 is 2.56 bits per heavy atom. The van der Waals surface area contributed by atoms with Crippen LogP contribution in [0.3, 0.4) is 0 Å². The van der Waals surface area contributed by atoms with Gasteiger partial charge in [-0.05, 0) is 18.6 Å². The van der Waals surface area contributed by atoms with Gasteiger partial charge in [0, 0.05) is 17.8 Å². The number of rotatable bonds is 1. The fourth-order valence-electron chi connectivity index (χ4n) is 2.13. The van der Waals surface area contributed by atoms with E-state index in [4.69, 9.17) is 0 Å². The molecule has 1 unspecified atom stereocenters. The highest BCUT2D eigenvalue weighted by atomic mass is 79.9. The van der Waals surface area contributed by atoms with Gasteiger partial charge in [0.2, 0.25) is 5.91 Å². The number of aryl methyl sites for hydroxylation is 1. The van der Waals surface area contributed by atoms with Crippen molar-refractivity contribution in [3.8, 4) is 0 Å². The second kappa shape index (κ2) is 4.57. The zero-order valence-electron chi connectivity index (χ0n) is 9.59. The summed E-state index contributed by atoms with van der Waals surface area (Å²) in [5, 5.41) is 0. The van der Waals surface area contributed by atoms with E-state index in [1.54, 1.807) is 13.0 Å². The fraction of sp³-hybridized carbons (Fsp3) is 0.417. The van der Waals surface area contributed by atoms with E-state index in [0.717, 1.165) is 6.07 Å². The first kappa shape index (κ1) is 13.4. The molecule has 1 atom stereocenters. The molecule has 1 heterocycles. The normalized spacial score (nSPS) is 20.6. The fourth-order valence-corrected chi connectivity index (χ4v) is 2.69. The summed E-state index contributed by atoms with van der Waals surface area (Å²) in [6.07, 6.45) is -4.22. The second-order valence-corrected chi connectivity index (χ2v) is 5.57. The first-order chi connectivity index (χ1) is 8.30. The van der Waals surface area contributed by atoms with E-state index < -0.39 is 11.7 Å². The lowest BCUT2D eigenvalue weighted by atomic mass is 10.1. The summed E-state index contributed by atoms with van der Waals surface area (Å²) in [5.41, 5.74) is -0.311. The molecule has 1 amide bonds. The standard InChI is InChI=1S/C12H11BrF3NO/c1-7-3-2-4-9(12(14,15)16)11(7)17-6-8(13)5-10(17)18/h2-4,8H,5-6H2,1H3. The summed E-state index contributed by atoms with van der Waals surface area (Å²) in [4.78, 5) is 12.9. The summed E-state index contributed by atoms with van der Waals surface area (Å²) >= 11 is 3.27. The third kappa shape index (κ3) is 2.39. The maximum absolute atomic E-state index is 13.0. The van der Waals surface area contributed by atoms with Crippen LogP contribution in [0.25, 0.3) is 0 Å². The van der Waals surface area contributed by atoms with Crippen molar-refractivity contribution in [1.82, 2.24) is 0 Å². The number of anilines is 1. The number of benzene rings is 1. The van der Waals surface area contributed by atoms with Crippen LogP contribution >= 0.6 is 15.9 Å². The summed E-state index contributed by atoms with van der Waals surface area (Å²) in [6, 6.07) is 3.95. The molecule has 2 nitrogen and oxygen atoms in total. The zero-order chi connectivity index (χ0) is 13.5. The molecule has 2 rings (SSSR count). The topological polar surface area (TPSA) is 20.3 Å². The minimum atomic E-state index is -4.45. The second-order valence-electron chi connectivity index (χ2n) is 4.27. The average Bonchev–Trinajstić information content (AvgIpc) is 2.56. The number of para-hydroxylation sites is 1. The molecular formula is C12H11BrF3NO. The molecular weight excluding hydrogens is 311 g/mol. The molecule has 1 fully saturated rings. The number of hydrogen-bond donors (Lipinski definition) is 0. The molecule has 0 saturated carbocycles. The Labute approximate surface area is 111 Å². The Morgan fingerprint density at radius 2 is 2.06 bits per heavy atom. The van der Waals surface area contributed by atoms with Crippen LogP contribution in [0.5, 0.6) is 0 Å².